The van der Waals surface area contributed by atoms with Crippen LogP contribution in [0.5, 0.6) is 5.75 Å². The number of nitrogens with two attached hydrogens (primary N) is 1. The molecule has 7 nitrogen and oxygen atoms in total. The minimum Gasteiger partial charge on any atom is -0.489 e. The molecule has 3 heterocycles. The molecule has 0 saturated carbocycles. The molecule has 1 atom stereocenters. The summed E-state index contributed by atoms with van der Waals surface area (Å²) >= 11 is 1.56. The Balaban J connectivity index is 1.47. The van der Waals surface area contributed by atoms with Crippen molar-refractivity contribution in [1.29, 1.82) is 0 Å². The van der Waals surface area contributed by atoms with E-state index in [2.05, 4.69) is 10.3 Å². The van der Waals surface area contributed by atoms with E-state index < -0.39 is 11.9 Å². The fraction of sp³-hybridized carbons (Fsp3) is 0.125. The lowest BCUT2D eigenvalue weighted by molar-refractivity contribution is -0.115. The molecule has 32 heavy (non-hydrogen) atoms. The van der Waals surface area contributed by atoms with E-state index in [4.69, 9.17) is 15.6 Å². The topological polar surface area (TPSA) is 95.1 Å². The van der Waals surface area contributed by atoms with Crippen molar-refractivity contribution < 1.29 is 9.53 Å². The number of hydrogen-bond acceptors (Lipinski definition) is 6. The fourth-order valence-corrected chi connectivity index (χ4v) is 4.43. The summed E-state index contributed by atoms with van der Waals surface area (Å²) in [6.07, 6.45) is 0. The molecule has 2 aromatic carbocycles. The van der Waals surface area contributed by atoms with Gasteiger partial charge in [0.2, 0.25) is 11.9 Å². The minimum atomic E-state index is -0.497. The molecule has 5 rings (SSSR count). The zero-order valence-electron chi connectivity index (χ0n) is 17.4. The van der Waals surface area contributed by atoms with Crippen molar-refractivity contribution in [2.75, 3.05) is 5.32 Å². The maximum Gasteiger partial charge on any atom is 0.248 e. The second-order valence-electron chi connectivity index (χ2n) is 7.45. The number of primary amides is 1. The van der Waals surface area contributed by atoms with Gasteiger partial charge in [0.1, 0.15) is 18.4 Å². The molecule has 0 fully saturated rings. The number of fused-ring (bicyclic) bond motifs is 1. The number of carbonyl (C=O) groups is 1. The van der Waals surface area contributed by atoms with Crippen LogP contribution >= 0.6 is 11.3 Å². The molecular weight excluding hydrogens is 422 g/mol. The van der Waals surface area contributed by atoms with Crippen LogP contribution < -0.4 is 15.8 Å². The maximum absolute atomic E-state index is 12.4. The molecule has 1 aliphatic rings. The van der Waals surface area contributed by atoms with Gasteiger partial charge in [0.15, 0.2) is 5.82 Å². The van der Waals surface area contributed by atoms with Crippen LogP contribution in [0.25, 0.3) is 10.7 Å². The smallest absolute Gasteiger partial charge is 0.248 e. The first-order valence-electron chi connectivity index (χ1n) is 10.1. The van der Waals surface area contributed by atoms with Crippen molar-refractivity contribution >= 4 is 23.2 Å². The normalized spacial score (nSPS) is 15.2. The number of nitrogens with one attached hydrogen (secondary N) is 1. The van der Waals surface area contributed by atoms with Crippen molar-refractivity contribution in [1.82, 2.24) is 14.8 Å². The average Bonchev–Trinajstić information content (AvgIpc) is 3.47. The SMILES string of the molecule is CC1=C(C(N)=O)C(c2ccc(OCc3ccccc3)cc2)n2nc(-c3cccs3)nc2N1. The molecule has 0 bridgehead atoms. The lowest BCUT2D eigenvalue weighted by Crippen LogP contribution is -2.31. The number of ether oxygens (including phenoxy) is 1. The van der Waals surface area contributed by atoms with Crippen LogP contribution in [0.1, 0.15) is 24.1 Å². The highest BCUT2D eigenvalue weighted by molar-refractivity contribution is 7.13. The molecule has 1 unspecified atom stereocenters. The summed E-state index contributed by atoms with van der Waals surface area (Å²) < 4.78 is 7.63. The van der Waals surface area contributed by atoms with E-state index in [1.165, 1.54) is 0 Å². The van der Waals surface area contributed by atoms with Crippen LogP contribution in [0.3, 0.4) is 0 Å². The molecule has 4 aromatic rings. The number of anilines is 1. The molecule has 0 aliphatic carbocycles. The largest absolute Gasteiger partial charge is 0.489 e. The molecule has 2 aromatic heterocycles. The molecule has 3 N–H and O–H groups in total. The summed E-state index contributed by atoms with van der Waals surface area (Å²) in [6.45, 7) is 2.31. The zero-order chi connectivity index (χ0) is 22.1. The lowest BCUT2D eigenvalue weighted by atomic mass is 9.95. The third kappa shape index (κ3) is 3.76. The van der Waals surface area contributed by atoms with Gasteiger partial charge in [-0.2, -0.15) is 4.98 Å². The van der Waals surface area contributed by atoms with Crippen LogP contribution in [0.15, 0.2) is 83.4 Å². The first kappa shape index (κ1) is 20.0. The predicted octanol–water partition coefficient (Wildman–Crippen LogP) is 4.36. The average molecular weight is 444 g/mol. The van der Waals surface area contributed by atoms with Crippen molar-refractivity contribution in [3.63, 3.8) is 0 Å². The Morgan fingerprint density at radius 2 is 1.91 bits per heavy atom. The molecule has 160 valence electrons. The van der Waals surface area contributed by atoms with E-state index in [-0.39, 0.29) is 0 Å². The minimum absolute atomic E-state index is 0.457. The Morgan fingerprint density at radius 1 is 1.12 bits per heavy atom. The van der Waals surface area contributed by atoms with Gasteiger partial charge in [0.25, 0.3) is 0 Å². The number of allylic oxidation sites excluding steroid dienone is 1. The first-order chi connectivity index (χ1) is 15.6. The summed E-state index contributed by atoms with van der Waals surface area (Å²) in [5.74, 6) is 1.42. The van der Waals surface area contributed by atoms with Gasteiger partial charge >= 0.3 is 0 Å². The summed E-state index contributed by atoms with van der Waals surface area (Å²) in [5, 5.41) is 9.85. The number of hydrogen-bond donors (Lipinski definition) is 2. The number of amides is 1. The molecule has 1 amide bonds. The molecular formula is C24H21N5O2S. The maximum atomic E-state index is 12.4. The van der Waals surface area contributed by atoms with Gasteiger partial charge < -0.3 is 15.8 Å². The Kier molecular flexibility index (Phi) is 5.20. The number of carbonyl (C=O) groups excluding carboxylic acids is 1. The monoisotopic (exact) mass is 443 g/mol. The first-order valence-corrected chi connectivity index (χ1v) is 11.0. The molecule has 0 spiro atoms. The van der Waals surface area contributed by atoms with Crippen LogP contribution in [-0.4, -0.2) is 20.7 Å². The number of thiophene rings is 1. The van der Waals surface area contributed by atoms with Crippen molar-refractivity contribution in [3.05, 3.63) is 94.5 Å². The fourth-order valence-electron chi connectivity index (χ4n) is 3.78. The Labute approximate surface area is 189 Å². The van der Waals surface area contributed by atoms with Crippen LogP contribution in [0.2, 0.25) is 0 Å². The Hall–Kier alpha value is -3.91. The highest BCUT2D eigenvalue weighted by Crippen LogP contribution is 2.37. The summed E-state index contributed by atoms with van der Waals surface area (Å²) in [4.78, 5) is 17.9. The number of benzene rings is 2. The molecule has 0 radical (unpaired) electrons. The van der Waals surface area contributed by atoms with E-state index in [1.54, 1.807) is 16.0 Å². The molecule has 0 saturated heterocycles. The van der Waals surface area contributed by atoms with Gasteiger partial charge in [-0.15, -0.1) is 16.4 Å². The molecule has 1 aliphatic heterocycles. The Morgan fingerprint density at radius 3 is 2.59 bits per heavy atom. The summed E-state index contributed by atoms with van der Waals surface area (Å²) in [7, 11) is 0. The third-order valence-corrected chi connectivity index (χ3v) is 6.17. The van der Waals surface area contributed by atoms with Gasteiger partial charge in [-0.25, -0.2) is 4.68 Å². The van der Waals surface area contributed by atoms with Crippen molar-refractivity contribution in [2.24, 2.45) is 5.73 Å². The number of nitrogens with zero attached hydrogens (tertiary/aromatic N) is 3. The van der Waals surface area contributed by atoms with Crippen LogP contribution in [-0.2, 0) is 11.4 Å². The van der Waals surface area contributed by atoms with E-state index in [9.17, 15) is 4.79 Å². The van der Waals surface area contributed by atoms with Crippen molar-refractivity contribution in [2.45, 2.75) is 19.6 Å². The van der Waals surface area contributed by atoms with Gasteiger partial charge in [0.05, 0.1) is 10.5 Å². The van der Waals surface area contributed by atoms with Gasteiger partial charge in [0, 0.05) is 5.70 Å². The zero-order valence-corrected chi connectivity index (χ0v) is 18.2. The number of rotatable bonds is 6. The predicted molar refractivity (Wildman–Crippen MR) is 124 cm³/mol. The quantitative estimate of drug-likeness (QED) is 0.462. The van der Waals surface area contributed by atoms with E-state index >= 15 is 0 Å². The summed E-state index contributed by atoms with van der Waals surface area (Å²) in [5.41, 5.74) is 8.86. The third-order valence-electron chi connectivity index (χ3n) is 5.30. The highest BCUT2D eigenvalue weighted by atomic mass is 32.1. The molecule has 8 heteroatoms. The number of aromatic nitrogens is 3. The van der Waals surface area contributed by atoms with Gasteiger partial charge in [-0.3, -0.25) is 4.79 Å². The van der Waals surface area contributed by atoms with Crippen molar-refractivity contribution in [3.8, 4) is 16.5 Å². The summed E-state index contributed by atoms with van der Waals surface area (Å²) in [6, 6.07) is 21.1. The van der Waals surface area contributed by atoms with Gasteiger partial charge in [-0.05, 0) is 41.6 Å². The van der Waals surface area contributed by atoms with Crippen LogP contribution in [0, 0.1) is 0 Å². The van der Waals surface area contributed by atoms with E-state index in [0.29, 0.717) is 29.6 Å². The van der Waals surface area contributed by atoms with E-state index in [1.807, 2.05) is 79.0 Å². The standard InChI is InChI=1S/C24H21N5O2S/c1-15-20(22(25)30)21(29-24(26-15)27-23(28-29)19-8-5-13-32-19)17-9-11-18(12-10-17)31-14-16-6-3-2-4-7-16/h2-13,21H,14H2,1H3,(H2,25,30)(H,26,27,28). The highest BCUT2D eigenvalue weighted by Gasteiger charge is 2.33. The van der Waals surface area contributed by atoms with E-state index in [0.717, 1.165) is 21.8 Å². The van der Waals surface area contributed by atoms with Gasteiger partial charge in [-0.1, -0.05) is 48.5 Å². The second-order valence-corrected chi connectivity index (χ2v) is 8.40. The van der Waals surface area contributed by atoms with Crippen LogP contribution in [0.4, 0.5) is 5.95 Å². The Bertz CT molecular complexity index is 1280. The second kappa shape index (κ2) is 8.32. The lowest BCUT2D eigenvalue weighted by Gasteiger charge is -2.27.